The van der Waals surface area contributed by atoms with Crippen LogP contribution in [0.1, 0.15) is 35.3 Å². The van der Waals surface area contributed by atoms with E-state index in [0.717, 1.165) is 25.9 Å². The SMILES string of the molecule is O=C(NCC1CCCCO1)c1ncccc1C#CCO. The summed E-state index contributed by atoms with van der Waals surface area (Å²) in [5, 5.41) is 11.5. The van der Waals surface area contributed by atoms with Gasteiger partial charge in [0.05, 0.1) is 11.7 Å². The number of aliphatic hydroxyl groups excluding tert-OH is 1. The fourth-order valence-electron chi connectivity index (χ4n) is 2.08. The lowest BCUT2D eigenvalue weighted by Gasteiger charge is -2.22. The minimum absolute atomic E-state index is 0.0865. The van der Waals surface area contributed by atoms with Crippen molar-refractivity contribution in [2.24, 2.45) is 0 Å². The van der Waals surface area contributed by atoms with Crippen LogP contribution in [0.5, 0.6) is 0 Å². The molecule has 0 bridgehead atoms. The fourth-order valence-corrected chi connectivity index (χ4v) is 2.08. The van der Waals surface area contributed by atoms with Crippen LogP contribution in [-0.4, -0.2) is 41.9 Å². The Hall–Kier alpha value is -1.90. The Morgan fingerprint density at radius 2 is 2.45 bits per heavy atom. The molecule has 1 aliphatic rings. The van der Waals surface area contributed by atoms with Gasteiger partial charge in [0.1, 0.15) is 12.3 Å². The smallest absolute Gasteiger partial charge is 0.271 e. The first-order chi connectivity index (χ1) is 9.81. The quantitative estimate of drug-likeness (QED) is 0.797. The first kappa shape index (κ1) is 14.5. The molecule has 5 nitrogen and oxygen atoms in total. The molecule has 1 amide bonds. The number of ether oxygens (including phenoxy) is 1. The lowest BCUT2D eigenvalue weighted by molar-refractivity contribution is 0.0168. The molecular weight excluding hydrogens is 256 g/mol. The molecule has 106 valence electrons. The van der Waals surface area contributed by atoms with Crippen molar-refractivity contribution in [3.63, 3.8) is 0 Å². The van der Waals surface area contributed by atoms with Crippen molar-refractivity contribution in [1.29, 1.82) is 0 Å². The van der Waals surface area contributed by atoms with Crippen molar-refractivity contribution in [3.8, 4) is 11.8 Å². The molecule has 1 aliphatic heterocycles. The number of carbonyl (C=O) groups is 1. The van der Waals surface area contributed by atoms with E-state index >= 15 is 0 Å². The van der Waals surface area contributed by atoms with E-state index in [9.17, 15) is 4.79 Å². The third kappa shape index (κ3) is 4.05. The van der Waals surface area contributed by atoms with E-state index in [1.807, 2.05) is 0 Å². The number of nitrogens with zero attached hydrogens (tertiary/aromatic N) is 1. The van der Waals surface area contributed by atoms with Crippen LogP contribution in [0.15, 0.2) is 18.3 Å². The highest BCUT2D eigenvalue weighted by Gasteiger charge is 2.17. The topological polar surface area (TPSA) is 71.5 Å². The van der Waals surface area contributed by atoms with Gasteiger partial charge in [-0.1, -0.05) is 11.8 Å². The zero-order chi connectivity index (χ0) is 14.2. The summed E-state index contributed by atoms with van der Waals surface area (Å²) >= 11 is 0. The van der Waals surface area contributed by atoms with Crippen LogP contribution in [0.25, 0.3) is 0 Å². The molecule has 0 spiro atoms. The molecule has 2 rings (SSSR count). The van der Waals surface area contributed by atoms with Gasteiger partial charge in [-0.15, -0.1) is 0 Å². The van der Waals surface area contributed by atoms with Gasteiger partial charge in [-0.2, -0.15) is 0 Å². The highest BCUT2D eigenvalue weighted by Crippen LogP contribution is 2.12. The van der Waals surface area contributed by atoms with E-state index in [-0.39, 0.29) is 24.3 Å². The normalized spacial score (nSPS) is 17.9. The van der Waals surface area contributed by atoms with Crippen LogP contribution in [0.4, 0.5) is 0 Å². The minimum atomic E-state index is -0.262. The van der Waals surface area contributed by atoms with Crippen molar-refractivity contribution in [2.75, 3.05) is 19.8 Å². The molecular formula is C15H18N2O3. The maximum atomic E-state index is 12.1. The van der Waals surface area contributed by atoms with Gasteiger partial charge in [-0.3, -0.25) is 4.79 Å². The fraction of sp³-hybridized carbons (Fsp3) is 0.467. The Morgan fingerprint density at radius 1 is 1.55 bits per heavy atom. The summed E-state index contributed by atoms with van der Waals surface area (Å²) in [6.07, 6.45) is 4.84. The average molecular weight is 274 g/mol. The van der Waals surface area contributed by atoms with E-state index < -0.39 is 0 Å². The van der Waals surface area contributed by atoms with Crippen LogP contribution in [-0.2, 0) is 4.74 Å². The van der Waals surface area contributed by atoms with Crippen LogP contribution in [0, 0.1) is 11.8 Å². The number of carbonyl (C=O) groups excluding carboxylic acids is 1. The van der Waals surface area contributed by atoms with Gasteiger partial charge in [0.25, 0.3) is 5.91 Å². The average Bonchev–Trinajstić information content (AvgIpc) is 2.52. The number of aliphatic hydroxyl groups is 1. The second kappa shape index (κ2) is 7.63. The van der Waals surface area contributed by atoms with Crippen LogP contribution < -0.4 is 5.32 Å². The predicted molar refractivity (Wildman–Crippen MR) is 74.1 cm³/mol. The molecule has 1 aromatic heterocycles. The maximum Gasteiger partial charge on any atom is 0.271 e. The second-order valence-corrected chi connectivity index (χ2v) is 4.56. The number of rotatable bonds is 3. The zero-order valence-corrected chi connectivity index (χ0v) is 11.3. The molecule has 20 heavy (non-hydrogen) atoms. The number of amides is 1. The first-order valence-corrected chi connectivity index (χ1v) is 6.76. The van der Waals surface area contributed by atoms with Crippen molar-refractivity contribution in [1.82, 2.24) is 10.3 Å². The summed E-state index contributed by atoms with van der Waals surface area (Å²) in [5.74, 6) is 4.99. The van der Waals surface area contributed by atoms with Gasteiger partial charge in [0.2, 0.25) is 0 Å². The first-order valence-electron chi connectivity index (χ1n) is 6.76. The molecule has 0 radical (unpaired) electrons. The molecule has 5 heteroatoms. The Bertz CT molecular complexity index is 513. The summed E-state index contributed by atoms with van der Waals surface area (Å²) in [7, 11) is 0. The molecule has 2 heterocycles. The molecule has 1 unspecified atom stereocenters. The number of hydrogen-bond acceptors (Lipinski definition) is 4. The van der Waals surface area contributed by atoms with Crippen molar-refractivity contribution in [2.45, 2.75) is 25.4 Å². The summed E-state index contributed by atoms with van der Waals surface area (Å²) in [6, 6.07) is 3.42. The van der Waals surface area contributed by atoms with Crippen molar-refractivity contribution >= 4 is 5.91 Å². The summed E-state index contributed by atoms with van der Waals surface area (Å²) in [5.41, 5.74) is 0.799. The van der Waals surface area contributed by atoms with E-state index in [0.29, 0.717) is 12.1 Å². The van der Waals surface area contributed by atoms with E-state index in [1.54, 1.807) is 18.3 Å². The summed E-state index contributed by atoms with van der Waals surface area (Å²) in [4.78, 5) is 16.2. The second-order valence-electron chi connectivity index (χ2n) is 4.56. The third-order valence-corrected chi connectivity index (χ3v) is 3.09. The molecule has 2 N–H and O–H groups in total. The van der Waals surface area contributed by atoms with E-state index in [2.05, 4.69) is 22.1 Å². The zero-order valence-electron chi connectivity index (χ0n) is 11.3. The standard InChI is InChI=1S/C15H18N2O3/c18-9-4-6-12-5-3-8-16-14(12)15(19)17-11-13-7-1-2-10-20-13/h3,5,8,13,18H,1-2,7,9-11H2,(H,17,19). The van der Waals surface area contributed by atoms with Crippen molar-refractivity contribution in [3.05, 3.63) is 29.6 Å². The minimum Gasteiger partial charge on any atom is -0.384 e. The predicted octanol–water partition coefficient (Wildman–Crippen LogP) is 0.724. The summed E-state index contributed by atoms with van der Waals surface area (Å²) in [6.45, 7) is 1.01. The Labute approximate surface area is 118 Å². The number of nitrogens with one attached hydrogen (secondary N) is 1. The lowest BCUT2D eigenvalue weighted by atomic mass is 10.1. The molecule has 1 fully saturated rings. The maximum absolute atomic E-state index is 12.1. The van der Waals surface area contributed by atoms with Gasteiger partial charge in [0.15, 0.2) is 0 Å². The van der Waals surface area contributed by atoms with Crippen LogP contribution >= 0.6 is 0 Å². The van der Waals surface area contributed by atoms with Gasteiger partial charge in [-0.25, -0.2) is 4.98 Å². The van der Waals surface area contributed by atoms with E-state index in [4.69, 9.17) is 9.84 Å². The Balaban J connectivity index is 1.97. The van der Waals surface area contributed by atoms with Gasteiger partial charge in [0, 0.05) is 19.3 Å². The Kier molecular flexibility index (Phi) is 5.54. The van der Waals surface area contributed by atoms with E-state index in [1.165, 1.54) is 0 Å². The molecule has 0 aliphatic carbocycles. The molecule has 1 saturated heterocycles. The number of hydrogen-bond donors (Lipinski definition) is 2. The largest absolute Gasteiger partial charge is 0.384 e. The molecule has 0 aromatic carbocycles. The summed E-state index contributed by atoms with van der Waals surface area (Å²) < 4.78 is 5.56. The third-order valence-electron chi connectivity index (χ3n) is 3.09. The molecule has 1 aromatic rings. The highest BCUT2D eigenvalue weighted by molar-refractivity contribution is 5.94. The lowest BCUT2D eigenvalue weighted by Crippen LogP contribution is -2.36. The van der Waals surface area contributed by atoms with Gasteiger partial charge in [-0.05, 0) is 31.4 Å². The Morgan fingerprint density at radius 3 is 3.20 bits per heavy atom. The number of pyridine rings is 1. The number of aromatic nitrogens is 1. The van der Waals surface area contributed by atoms with Crippen molar-refractivity contribution < 1.29 is 14.6 Å². The monoisotopic (exact) mass is 274 g/mol. The van der Waals surface area contributed by atoms with Crippen LogP contribution in [0.2, 0.25) is 0 Å². The van der Waals surface area contributed by atoms with Gasteiger partial charge >= 0.3 is 0 Å². The highest BCUT2D eigenvalue weighted by atomic mass is 16.5. The molecule has 1 atom stereocenters. The van der Waals surface area contributed by atoms with Crippen LogP contribution in [0.3, 0.4) is 0 Å². The molecule has 0 saturated carbocycles. The van der Waals surface area contributed by atoms with Gasteiger partial charge < -0.3 is 15.2 Å².